The van der Waals surface area contributed by atoms with Gasteiger partial charge in [0.15, 0.2) is 0 Å². The molecule has 1 saturated carbocycles. The Hall–Kier alpha value is -4.08. The van der Waals surface area contributed by atoms with E-state index in [0.717, 1.165) is 50.6 Å². The molecule has 54 heavy (non-hydrogen) atoms. The molecule has 1 saturated heterocycles. The largest absolute Gasteiger partial charge is 0.384 e. The zero-order valence-electron chi connectivity index (χ0n) is 32.9. The third kappa shape index (κ3) is 14.0. The van der Waals surface area contributed by atoms with E-state index in [9.17, 15) is 29.1 Å². The van der Waals surface area contributed by atoms with E-state index in [-0.39, 0.29) is 30.0 Å². The first-order chi connectivity index (χ1) is 25.6. The molecule has 10 N–H and O–H groups in total. The Balaban J connectivity index is 1.86. The molecule has 1 aromatic carbocycles. The van der Waals surface area contributed by atoms with E-state index < -0.39 is 60.1 Å². The van der Waals surface area contributed by atoms with Gasteiger partial charge < -0.3 is 42.3 Å². The molecular weight excluding hydrogens is 690 g/mol. The lowest BCUT2D eigenvalue weighted by Gasteiger charge is -2.33. The number of aliphatic hydroxyl groups is 1. The molecule has 15 heteroatoms. The number of amidine groups is 1. The Labute approximate surface area is 320 Å². The Morgan fingerprint density at radius 2 is 1.48 bits per heavy atom. The van der Waals surface area contributed by atoms with Crippen LogP contribution >= 0.6 is 0 Å². The first-order valence-electron chi connectivity index (χ1n) is 19.6. The summed E-state index contributed by atoms with van der Waals surface area (Å²) in [4.78, 5) is 71.8. The van der Waals surface area contributed by atoms with Gasteiger partial charge in [0.2, 0.25) is 29.5 Å². The standard InChI is InChI=1S/C39H65N9O6/c1-24(2)22-31(39(54)48-21-11-15-32(48)35(42)50)45-36(51)29(14-9-10-20-47(4)5)44-38(53)33(27-12-7-6-8-13-27)46-37(52)30(43-25(3)49)23-26-16-18-28(19-17-26)34(40)41/h16-19,24-25,27,29-33,43,49H,6-15,20-23H2,1-5H3,(H3,40,41)(H2,42,50)(H,44,53)(H,45,51)(H,46,52)/t25?,29-,30-,31-,32-,33-/m0/s1. The number of primary amides is 1. The highest BCUT2D eigenvalue weighted by atomic mass is 16.3. The Bertz CT molecular complexity index is 1410. The van der Waals surface area contributed by atoms with Gasteiger partial charge in [0.25, 0.3) is 0 Å². The number of benzene rings is 1. The normalized spacial score (nSPS) is 19.1. The Morgan fingerprint density at radius 1 is 0.852 bits per heavy atom. The number of hydrogen-bond acceptors (Lipinski definition) is 9. The van der Waals surface area contributed by atoms with Gasteiger partial charge in [0.05, 0.1) is 6.04 Å². The van der Waals surface area contributed by atoms with E-state index in [0.29, 0.717) is 44.2 Å². The number of nitrogens with one attached hydrogen (secondary N) is 5. The van der Waals surface area contributed by atoms with Gasteiger partial charge in [-0.3, -0.25) is 34.7 Å². The number of likely N-dealkylation sites (tertiary alicyclic amines) is 1. The first-order valence-corrected chi connectivity index (χ1v) is 19.6. The minimum Gasteiger partial charge on any atom is -0.384 e. The third-order valence-corrected chi connectivity index (χ3v) is 10.3. The summed E-state index contributed by atoms with van der Waals surface area (Å²) in [6.45, 7) is 6.57. The van der Waals surface area contributed by atoms with Crippen molar-refractivity contribution >= 4 is 35.4 Å². The quantitative estimate of drug-likeness (QED) is 0.0388. The molecule has 2 fully saturated rings. The molecule has 302 valence electrons. The number of carbonyl (C=O) groups excluding carboxylic acids is 5. The number of rotatable bonds is 21. The summed E-state index contributed by atoms with van der Waals surface area (Å²) in [7, 11) is 3.92. The highest BCUT2D eigenvalue weighted by Crippen LogP contribution is 2.27. The molecule has 15 nitrogen and oxygen atoms in total. The summed E-state index contributed by atoms with van der Waals surface area (Å²) in [6, 6.07) is 2.46. The zero-order chi connectivity index (χ0) is 39.9. The number of unbranched alkanes of at least 4 members (excludes halogenated alkanes) is 1. The van der Waals surface area contributed by atoms with Gasteiger partial charge in [0, 0.05) is 12.1 Å². The van der Waals surface area contributed by atoms with Crippen LogP contribution in [0.4, 0.5) is 0 Å². The summed E-state index contributed by atoms with van der Waals surface area (Å²) >= 11 is 0. The van der Waals surface area contributed by atoms with Crippen LogP contribution in [-0.2, 0) is 30.4 Å². The van der Waals surface area contributed by atoms with Crippen molar-refractivity contribution in [1.82, 2.24) is 31.1 Å². The average molecular weight is 756 g/mol. The maximum Gasteiger partial charge on any atom is 0.245 e. The van der Waals surface area contributed by atoms with Gasteiger partial charge >= 0.3 is 0 Å². The van der Waals surface area contributed by atoms with E-state index in [1.165, 1.54) is 11.8 Å². The second-order valence-corrected chi connectivity index (χ2v) is 15.7. The fourth-order valence-electron chi connectivity index (χ4n) is 7.49. The fraction of sp³-hybridized carbons (Fsp3) is 0.692. The third-order valence-electron chi connectivity index (χ3n) is 10.3. The Morgan fingerprint density at radius 3 is 2.06 bits per heavy atom. The van der Waals surface area contributed by atoms with Crippen molar-refractivity contribution in [2.75, 3.05) is 27.2 Å². The van der Waals surface area contributed by atoms with Crippen LogP contribution in [0.2, 0.25) is 0 Å². The minimum atomic E-state index is -1.02. The van der Waals surface area contributed by atoms with E-state index in [1.807, 2.05) is 32.8 Å². The number of nitrogen functional groups attached to an aromatic ring is 1. The molecular formula is C39H65N9O6. The summed E-state index contributed by atoms with van der Waals surface area (Å²) in [5.74, 6) is -2.59. The van der Waals surface area contributed by atoms with Crippen molar-refractivity contribution in [3.8, 4) is 0 Å². The number of aliphatic hydroxyl groups excluding tert-OH is 1. The van der Waals surface area contributed by atoms with Crippen molar-refractivity contribution < 1.29 is 29.1 Å². The molecule has 0 spiro atoms. The van der Waals surface area contributed by atoms with Crippen molar-refractivity contribution in [1.29, 1.82) is 5.41 Å². The van der Waals surface area contributed by atoms with Gasteiger partial charge in [-0.1, -0.05) is 57.4 Å². The van der Waals surface area contributed by atoms with E-state index >= 15 is 0 Å². The summed E-state index contributed by atoms with van der Waals surface area (Å²) < 4.78 is 0. The lowest BCUT2D eigenvalue weighted by Crippen LogP contribution is -2.60. The number of hydrogen-bond donors (Lipinski definition) is 8. The topological polar surface area (TPSA) is 236 Å². The van der Waals surface area contributed by atoms with Crippen LogP contribution in [0.3, 0.4) is 0 Å². The number of carbonyl (C=O) groups is 5. The lowest BCUT2D eigenvalue weighted by molar-refractivity contribution is -0.141. The van der Waals surface area contributed by atoms with E-state index in [2.05, 4.69) is 21.3 Å². The average Bonchev–Trinajstić information content (AvgIpc) is 3.61. The predicted molar refractivity (Wildman–Crippen MR) is 208 cm³/mol. The fourth-order valence-corrected chi connectivity index (χ4v) is 7.49. The summed E-state index contributed by atoms with van der Waals surface area (Å²) in [6.07, 6.45) is 6.62. The maximum atomic E-state index is 14.3. The first kappa shape index (κ1) is 44.3. The van der Waals surface area contributed by atoms with Crippen molar-refractivity contribution in [2.45, 2.75) is 134 Å². The van der Waals surface area contributed by atoms with Gasteiger partial charge in [0.1, 0.15) is 36.2 Å². The molecule has 3 rings (SSSR count). The molecule has 2 aliphatic rings. The van der Waals surface area contributed by atoms with Gasteiger partial charge in [-0.15, -0.1) is 0 Å². The molecule has 0 bridgehead atoms. The number of nitrogens with zero attached hydrogens (tertiary/aromatic N) is 2. The lowest BCUT2D eigenvalue weighted by atomic mass is 9.83. The number of nitrogens with two attached hydrogens (primary N) is 2. The molecule has 1 aromatic rings. The molecule has 0 aromatic heterocycles. The minimum absolute atomic E-state index is 0.0446. The molecule has 5 amide bonds. The second-order valence-electron chi connectivity index (χ2n) is 15.7. The van der Waals surface area contributed by atoms with Crippen molar-refractivity contribution in [3.05, 3.63) is 35.4 Å². The Kier molecular flexibility index (Phi) is 17.8. The van der Waals surface area contributed by atoms with Crippen molar-refractivity contribution in [2.24, 2.45) is 23.3 Å². The highest BCUT2D eigenvalue weighted by Gasteiger charge is 2.39. The van der Waals surface area contributed by atoms with Crippen LogP contribution in [0.25, 0.3) is 0 Å². The molecule has 1 heterocycles. The van der Waals surface area contributed by atoms with Crippen molar-refractivity contribution in [3.63, 3.8) is 0 Å². The van der Waals surface area contributed by atoms with E-state index in [4.69, 9.17) is 16.9 Å². The smallest absolute Gasteiger partial charge is 0.245 e. The van der Waals surface area contributed by atoms with E-state index in [1.54, 1.807) is 24.3 Å². The van der Waals surface area contributed by atoms with Gasteiger partial charge in [-0.25, -0.2) is 0 Å². The predicted octanol–water partition coefficient (Wildman–Crippen LogP) is 1.10. The van der Waals surface area contributed by atoms with Crippen LogP contribution in [0.5, 0.6) is 0 Å². The van der Waals surface area contributed by atoms with Crippen LogP contribution in [0.15, 0.2) is 24.3 Å². The molecule has 0 radical (unpaired) electrons. The summed E-state index contributed by atoms with van der Waals surface area (Å²) in [5.41, 5.74) is 12.5. The van der Waals surface area contributed by atoms with Crippen LogP contribution in [-0.4, -0.2) is 114 Å². The van der Waals surface area contributed by atoms with Gasteiger partial charge in [-0.2, -0.15) is 0 Å². The SMILES string of the molecule is CC(C)C[C@H](NC(=O)[C@H](CCCCN(C)C)NC(=O)[C@@H](NC(=O)[C@H](Cc1ccc(C(=N)N)cc1)NC(C)O)C1CCCCC1)C(=O)N1CCC[C@H]1C(N)=O. The van der Waals surface area contributed by atoms with Crippen LogP contribution < -0.4 is 32.7 Å². The second kappa shape index (κ2) is 21.7. The monoisotopic (exact) mass is 756 g/mol. The zero-order valence-corrected chi connectivity index (χ0v) is 32.9. The highest BCUT2D eigenvalue weighted by molar-refractivity contribution is 5.96. The molecule has 1 unspecified atom stereocenters. The maximum absolute atomic E-state index is 14.3. The number of amides is 5. The molecule has 1 aliphatic heterocycles. The summed E-state index contributed by atoms with van der Waals surface area (Å²) in [5, 5.41) is 29.7. The van der Waals surface area contributed by atoms with Crippen LogP contribution in [0.1, 0.15) is 103 Å². The molecule has 6 atom stereocenters. The van der Waals surface area contributed by atoms with Gasteiger partial charge in [-0.05, 0) is 103 Å². The molecule has 1 aliphatic carbocycles. The van der Waals surface area contributed by atoms with Crippen LogP contribution in [0, 0.1) is 17.2 Å².